The molecule has 2 rings (SSSR count). The van der Waals surface area contributed by atoms with Crippen LogP contribution in [0.4, 0.5) is 13.2 Å². The second-order valence-electron chi connectivity index (χ2n) is 4.44. The van der Waals surface area contributed by atoms with Gasteiger partial charge in [-0.2, -0.15) is 13.2 Å². The van der Waals surface area contributed by atoms with Gasteiger partial charge in [0.05, 0.1) is 23.1 Å². The third kappa shape index (κ3) is 3.30. The van der Waals surface area contributed by atoms with E-state index in [-0.39, 0.29) is 5.56 Å². The molecule has 0 spiro atoms. The van der Waals surface area contributed by atoms with Crippen molar-refractivity contribution < 1.29 is 13.2 Å². The van der Waals surface area contributed by atoms with Gasteiger partial charge in [0.15, 0.2) is 0 Å². The van der Waals surface area contributed by atoms with Crippen molar-refractivity contribution in [2.75, 3.05) is 5.88 Å². The molecule has 2 aromatic rings. The minimum atomic E-state index is -4.37. The zero-order valence-electron chi connectivity index (χ0n) is 10.8. The van der Waals surface area contributed by atoms with Crippen LogP contribution in [0.15, 0.2) is 24.4 Å². The minimum Gasteiger partial charge on any atom is -0.220 e. The average Bonchev–Trinajstić information content (AvgIpc) is 2.84. The molecule has 0 atom stereocenters. The lowest BCUT2D eigenvalue weighted by molar-refractivity contribution is -0.138. The van der Waals surface area contributed by atoms with Crippen molar-refractivity contribution in [3.63, 3.8) is 0 Å². The summed E-state index contributed by atoms with van der Waals surface area (Å²) in [4.78, 5) is 0. The highest BCUT2D eigenvalue weighted by Crippen LogP contribution is 2.32. The molecule has 7 heteroatoms. The lowest BCUT2D eigenvalue weighted by atomic mass is 10.1. The highest BCUT2D eigenvalue weighted by molar-refractivity contribution is 6.17. The van der Waals surface area contributed by atoms with Crippen LogP contribution in [0, 0.1) is 6.92 Å². The molecule has 108 valence electrons. The minimum absolute atomic E-state index is 0.184. The van der Waals surface area contributed by atoms with Gasteiger partial charge in [-0.15, -0.1) is 16.7 Å². The van der Waals surface area contributed by atoms with E-state index in [1.54, 1.807) is 12.3 Å². The topological polar surface area (TPSA) is 30.7 Å². The summed E-state index contributed by atoms with van der Waals surface area (Å²) in [6, 6.07) is 4.10. The number of rotatable bonds is 4. The molecule has 1 aromatic carbocycles. The molecule has 0 amide bonds. The number of halogens is 4. The normalized spacial score (nSPS) is 11.8. The van der Waals surface area contributed by atoms with E-state index in [0.29, 0.717) is 23.7 Å². The largest absolute Gasteiger partial charge is 0.416 e. The maximum absolute atomic E-state index is 12.9. The fourth-order valence-electron chi connectivity index (χ4n) is 1.84. The summed E-state index contributed by atoms with van der Waals surface area (Å²) in [5.74, 6) is 0.510. The van der Waals surface area contributed by atoms with Crippen LogP contribution >= 0.6 is 11.6 Å². The standard InChI is InChI=1S/C13H13ClF3N3/c1-9-4-5-11(7-12(9)13(15,16)17)20-8-10(18-19-20)3-2-6-14/h4-5,7-8H,2-3,6H2,1H3. The molecule has 1 heterocycles. The van der Waals surface area contributed by atoms with E-state index in [9.17, 15) is 13.2 Å². The van der Waals surface area contributed by atoms with E-state index in [4.69, 9.17) is 11.6 Å². The third-order valence-corrected chi connectivity index (χ3v) is 3.17. The Labute approximate surface area is 119 Å². The Bertz CT molecular complexity index is 593. The maximum atomic E-state index is 12.9. The van der Waals surface area contributed by atoms with Crippen molar-refractivity contribution in [2.45, 2.75) is 25.9 Å². The van der Waals surface area contributed by atoms with E-state index in [1.807, 2.05) is 0 Å². The summed E-state index contributed by atoms with van der Waals surface area (Å²) in [6.45, 7) is 1.43. The average molecular weight is 304 g/mol. The highest BCUT2D eigenvalue weighted by atomic mass is 35.5. The second kappa shape index (κ2) is 5.83. The van der Waals surface area contributed by atoms with Crippen molar-refractivity contribution in [1.82, 2.24) is 15.0 Å². The molecule has 20 heavy (non-hydrogen) atoms. The smallest absolute Gasteiger partial charge is 0.220 e. The lowest BCUT2D eigenvalue weighted by Gasteiger charge is -2.11. The summed E-state index contributed by atoms with van der Waals surface area (Å²) in [5.41, 5.74) is 0.573. The first kappa shape index (κ1) is 14.8. The van der Waals surface area contributed by atoms with Crippen LogP contribution in [-0.2, 0) is 12.6 Å². The number of hydrogen-bond acceptors (Lipinski definition) is 2. The first-order valence-electron chi connectivity index (χ1n) is 6.07. The number of alkyl halides is 4. The molecule has 0 fully saturated rings. The van der Waals surface area contributed by atoms with E-state index < -0.39 is 11.7 Å². The van der Waals surface area contributed by atoms with Crippen LogP contribution in [0.3, 0.4) is 0 Å². The predicted molar refractivity (Wildman–Crippen MR) is 70.1 cm³/mol. The first-order chi connectivity index (χ1) is 9.41. The number of benzene rings is 1. The molecule has 0 radical (unpaired) electrons. The SMILES string of the molecule is Cc1ccc(-n2cc(CCCCl)nn2)cc1C(F)(F)F. The molecule has 0 saturated carbocycles. The number of aromatic nitrogens is 3. The summed E-state index contributed by atoms with van der Waals surface area (Å²) >= 11 is 5.58. The number of nitrogens with zero attached hydrogens (tertiary/aromatic N) is 3. The van der Waals surface area contributed by atoms with E-state index >= 15 is 0 Å². The molecular weight excluding hydrogens is 291 g/mol. The number of hydrogen-bond donors (Lipinski definition) is 0. The first-order valence-corrected chi connectivity index (χ1v) is 6.60. The molecule has 0 aliphatic heterocycles. The van der Waals surface area contributed by atoms with Crippen molar-refractivity contribution in [3.8, 4) is 5.69 Å². The van der Waals surface area contributed by atoms with Crippen molar-refractivity contribution in [3.05, 3.63) is 41.2 Å². The van der Waals surface area contributed by atoms with Gasteiger partial charge in [-0.1, -0.05) is 11.3 Å². The monoisotopic (exact) mass is 303 g/mol. The van der Waals surface area contributed by atoms with E-state index in [1.165, 1.54) is 17.7 Å². The van der Waals surface area contributed by atoms with Crippen LogP contribution in [-0.4, -0.2) is 20.9 Å². The molecule has 0 N–H and O–H groups in total. The van der Waals surface area contributed by atoms with Crippen LogP contribution in [0.5, 0.6) is 0 Å². The molecule has 0 unspecified atom stereocenters. The van der Waals surface area contributed by atoms with Gasteiger partial charge < -0.3 is 0 Å². The Hall–Kier alpha value is -1.56. The van der Waals surface area contributed by atoms with Gasteiger partial charge in [0, 0.05) is 5.88 Å². The summed E-state index contributed by atoms with van der Waals surface area (Å²) < 4.78 is 39.9. The van der Waals surface area contributed by atoms with Crippen LogP contribution in [0.2, 0.25) is 0 Å². The lowest BCUT2D eigenvalue weighted by Crippen LogP contribution is -2.09. The molecular formula is C13H13ClF3N3. The zero-order chi connectivity index (χ0) is 14.8. The Kier molecular flexibility index (Phi) is 4.32. The molecule has 0 aliphatic carbocycles. The van der Waals surface area contributed by atoms with Crippen LogP contribution < -0.4 is 0 Å². The summed E-state index contributed by atoms with van der Waals surface area (Å²) in [5, 5.41) is 7.77. The Morgan fingerprint density at radius 3 is 2.70 bits per heavy atom. The van der Waals surface area contributed by atoms with Crippen LogP contribution in [0.1, 0.15) is 23.2 Å². The van der Waals surface area contributed by atoms with Crippen molar-refractivity contribution in [1.29, 1.82) is 0 Å². The van der Waals surface area contributed by atoms with E-state index in [2.05, 4.69) is 10.3 Å². The Balaban J connectivity index is 2.31. The van der Waals surface area contributed by atoms with Gasteiger partial charge >= 0.3 is 6.18 Å². The summed E-state index contributed by atoms with van der Waals surface area (Å²) in [6.07, 6.45) is -1.34. The third-order valence-electron chi connectivity index (χ3n) is 2.90. The Morgan fingerprint density at radius 1 is 1.30 bits per heavy atom. The second-order valence-corrected chi connectivity index (χ2v) is 4.82. The van der Waals surface area contributed by atoms with Gasteiger partial charge in [-0.3, -0.25) is 0 Å². The summed E-state index contributed by atoms with van der Waals surface area (Å²) in [7, 11) is 0. The quantitative estimate of drug-likeness (QED) is 0.805. The molecule has 1 aromatic heterocycles. The van der Waals surface area contributed by atoms with Gasteiger partial charge in [-0.25, -0.2) is 4.68 Å². The Morgan fingerprint density at radius 2 is 2.05 bits per heavy atom. The fraction of sp³-hybridized carbons (Fsp3) is 0.385. The molecule has 0 aliphatic rings. The van der Waals surface area contributed by atoms with Gasteiger partial charge in [-0.05, 0) is 37.5 Å². The van der Waals surface area contributed by atoms with Crippen molar-refractivity contribution in [2.24, 2.45) is 0 Å². The van der Waals surface area contributed by atoms with Crippen molar-refractivity contribution >= 4 is 11.6 Å². The van der Waals surface area contributed by atoms with Gasteiger partial charge in [0.2, 0.25) is 0 Å². The van der Waals surface area contributed by atoms with Gasteiger partial charge in [0.25, 0.3) is 0 Å². The molecule has 3 nitrogen and oxygen atoms in total. The number of aryl methyl sites for hydroxylation is 2. The molecule has 0 saturated heterocycles. The zero-order valence-corrected chi connectivity index (χ0v) is 11.5. The molecule has 0 bridgehead atoms. The maximum Gasteiger partial charge on any atom is 0.416 e. The van der Waals surface area contributed by atoms with Crippen LogP contribution in [0.25, 0.3) is 5.69 Å². The fourth-order valence-corrected chi connectivity index (χ4v) is 1.98. The predicted octanol–water partition coefficient (Wildman–Crippen LogP) is 3.77. The highest BCUT2D eigenvalue weighted by Gasteiger charge is 2.32. The van der Waals surface area contributed by atoms with Gasteiger partial charge in [0.1, 0.15) is 0 Å². The van der Waals surface area contributed by atoms with E-state index in [0.717, 1.165) is 12.5 Å².